The lowest BCUT2D eigenvalue weighted by Gasteiger charge is -2.07. The fourth-order valence-corrected chi connectivity index (χ4v) is 1.87. The summed E-state index contributed by atoms with van der Waals surface area (Å²) in [5, 5.41) is 3.16. The summed E-state index contributed by atoms with van der Waals surface area (Å²) in [6, 6.07) is 0. The van der Waals surface area contributed by atoms with Crippen LogP contribution in [0, 0.1) is 5.92 Å². The normalized spacial score (nSPS) is 13.3. The molecule has 0 fully saturated rings. The maximum absolute atomic E-state index is 4.03. The Balaban J connectivity index is 2.31. The summed E-state index contributed by atoms with van der Waals surface area (Å²) in [5.74, 6) is 0.709. The van der Waals surface area contributed by atoms with Crippen molar-refractivity contribution in [3.8, 4) is 0 Å². The average molecular weight is 170 g/mol. The predicted octanol–water partition coefficient (Wildman–Crippen LogP) is 1.54. The van der Waals surface area contributed by atoms with Crippen molar-refractivity contribution in [3.63, 3.8) is 0 Å². The van der Waals surface area contributed by atoms with Gasteiger partial charge in [-0.15, -0.1) is 11.3 Å². The van der Waals surface area contributed by atoms with E-state index in [1.807, 2.05) is 18.8 Å². The fraction of sp³-hybridized carbons (Fsp3) is 0.625. The van der Waals surface area contributed by atoms with Crippen LogP contribution in [-0.2, 0) is 6.42 Å². The smallest absolute Gasteiger partial charge is 0.0794 e. The molecule has 0 amide bonds. The third kappa shape index (κ3) is 2.99. The highest BCUT2D eigenvalue weighted by Gasteiger charge is 2.02. The zero-order chi connectivity index (χ0) is 8.10. The zero-order valence-corrected chi connectivity index (χ0v) is 7.82. The van der Waals surface area contributed by atoms with Crippen LogP contribution in [0.3, 0.4) is 0 Å². The van der Waals surface area contributed by atoms with E-state index in [9.17, 15) is 0 Å². The van der Waals surface area contributed by atoms with E-state index in [2.05, 4.69) is 17.2 Å². The first-order valence-electron chi connectivity index (χ1n) is 3.85. The van der Waals surface area contributed by atoms with Gasteiger partial charge in [-0.2, -0.15) is 0 Å². The molecule has 1 heterocycles. The molecule has 0 aliphatic heterocycles. The predicted molar refractivity (Wildman–Crippen MR) is 48.9 cm³/mol. The molecule has 0 aromatic carbocycles. The van der Waals surface area contributed by atoms with Crippen molar-refractivity contribution >= 4 is 11.3 Å². The molecule has 1 rings (SSSR count). The SMILES string of the molecule is CNCC(C)Cc1cncs1. The molecule has 1 N–H and O–H groups in total. The molecule has 1 aromatic rings. The van der Waals surface area contributed by atoms with E-state index in [1.54, 1.807) is 11.3 Å². The van der Waals surface area contributed by atoms with E-state index in [-0.39, 0.29) is 0 Å². The van der Waals surface area contributed by atoms with E-state index >= 15 is 0 Å². The van der Waals surface area contributed by atoms with Gasteiger partial charge in [0.2, 0.25) is 0 Å². The molecule has 11 heavy (non-hydrogen) atoms. The molecular weight excluding hydrogens is 156 g/mol. The van der Waals surface area contributed by atoms with Crippen LogP contribution in [0.15, 0.2) is 11.7 Å². The molecule has 1 aromatic heterocycles. The highest BCUT2D eigenvalue weighted by Crippen LogP contribution is 2.11. The van der Waals surface area contributed by atoms with Crippen LogP contribution in [0.25, 0.3) is 0 Å². The molecule has 0 saturated heterocycles. The monoisotopic (exact) mass is 170 g/mol. The van der Waals surface area contributed by atoms with Crippen LogP contribution < -0.4 is 5.32 Å². The van der Waals surface area contributed by atoms with Crippen molar-refractivity contribution in [1.82, 2.24) is 10.3 Å². The second-order valence-corrected chi connectivity index (χ2v) is 3.81. The van der Waals surface area contributed by atoms with E-state index in [0.717, 1.165) is 13.0 Å². The van der Waals surface area contributed by atoms with Gasteiger partial charge >= 0.3 is 0 Å². The number of hydrogen-bond acceptors (Lipinski definition) is 3. The minimum atomic E-state index is 0.709. The summed E-state index contributed by atoms with van der Waals surface area (Å²) in [6.45, 7) is 3.33. The first-order valence-corrected chi connectivity index (χ1v) is 4.73. The molecule has 1 unspecified atom stereocenters. The molecule has 0 aliphatic rings. The summed E-state index contributed by atoms with van der Waals surface area (Å²) in [5.41, 5.74) is 1.89. The van der Waals surface area contributed by atoms with Gasteiger partial charge in [0.05, 0.1) is 5.51 Å². The molecule has 0 aliphatic carbocycles. The number of aromatic nitrogens is 1. The molecule has 0 saturated carbocycles. The Morgan fingerprint density at radius 2 is 2.55 bits per heavy atom. The Labute approximate surface area is 71.7 Å². The standard InChI is InChI=1S/C8H14N2S/c1-7(4-9-2)3-8-5-10-6-11-8/h5-7,9H,3-4H2,1-2H3. The quantitative estimate of drug-likeness (QED) is 0.741. The van der Waals surface area contributed by atoms with E-state index in [4.69, 9.17) is 0 Å². The van der Waals surface area contributed by atoms with Gasteiger partial charge in [-0.1, -0.05) is 6.92 Å². The fourth-order valence-electron chi connectivity index (χ4n) is 1.11. The minimum Gasteiger partial charge on any atom is -0.319 e. The Morgan fingerprint density at radius 1 is 1.73 bits per heavy atom. The molecule has 0 radical (unpaired) electrons. The van der Waals surface area contributed by atoms with Crippen LogP contribution in [-0.4, -0.2) is 18.6 Å². The van der Waals surface area contributed by atoms with Crippen molar-refractivity contribution in [3.05, 3.63) is 16.6 Å². The van der Waals surface area contributed by atoms with Gasteiger partial charge in [-0.05, 0) is 25.9 Å². The third-order valence-corrected chi connectivity index (χ3v) is 2.39. The second kappa shape index (κ2) is 4.46. The maximum atomic E-state index is 4.03. The molecule has 1 atom stereocenters. The second-order valence-electron chi connectivity index (χ2n) is 2.83. The number of thiazole rings is 1. The van der Waals surface area contributed by atoms with Crippen LogP contribution in [0.2, 0.25) is 0 Å². The van der Waals surface area contributed by atoms with Gasteiger partial charge in [0, 0.05) is 11.1 Å². The molecule has 0 bridgehead atoms. The van der Waals surface area contributed by atoms with Gasteiger partial charge in [-0.25, -0.2) is 0 Å². The van der Waals surface area contributed by atoms with Crippen molar-refractivity contribution < 1.29 is 0 Å². The first kappa shape index (κ1) is 8.68. The van der Waals surface area contributed by atoms with Gasteiger partial charge < -0.3 is 5.32 Å². The lowest BCUT2D eigenvalue weighted by atomic mass is 10.1. The summed E-state index contributed by atoms with van der Waals surface area (Å²) < 4.78 is 0. The van der Waals surface area contributed by atoms with Gasteiger partial charge in [0.25, 0.3) is 0 Å². The van der Waals surface area contributed by atoms with Crippen molar-refractivity contribution in [2.45, 2.75) is 13.3 Å². The van der Waals surface area contributed by atoms with Crippen LogP contribution in [0.5, 0.6) is 0 Å². The Bertz CT molecular complexity index is 184. The van der Waals surface area contributed by atoms with Gasteiger partial charge in [-0.3, -0.25) is 4.98 Å². The van der Waals surface area contributed by atoms with E-state index < -0.39 is 0 Å². The first-order chi connectivity index (χ1) is 5.33. The Morgan fingerprint density at radius 3 is 3.09 bits per heavy atom. The minimum absolute atomic E-state index is 0.709. The topological polar surface area (TPSA) is 24.9 Å². The number of nitrogens with one attached hydrogen (secondary N) is 1. The zero-order valence-electron chi connectivity index (χ0n) is 7.00. The van der Waals surface area contributed by atoms with E-state index in [1.165, 1.54) is 4.88 Å². The highest BCUT2D eigenvalue weighted by molar-refractivity contribution is 7.09. The van der Waals surface area contributed by atoms with Crippen molar-refractivity contribution in [2.24, 2.45) is 5.92 Å². The lowest BCUT2D eigenvalue weighted by molar-refractivity contribution is 0.545. The highest BCUT2D eigenvalue weighted by atomic mass is 32.1. The summed E-state index contributed by atoms with van der Waals surface area (Å²) in [4.78, 5) is 5.42. The van der Waals surface area contributed by atoms with Crippen LogP contribution in [0.4, 0.5) is 0 Å². The molecule has 62 valence electrons. The molecule has 2 nitrogen and oxygen atoms in total. The molecular formula is C8H14N2S. The maximum Gasteiger partial charge on any atom is 0.0794 e. The van der Waals surface area contributed by atoms with Crippen LogP contribution in [0.1, 0.15) is 11.8 Å². The summed E-state index contributed by atoms with van der Waals surface area (Å²) in [7, 11) is 1.99. The van der Waals surface area contributed by atoms with Gasteiger partial charge in [0.15, 0.2) is 0 Å². The third-order valence-electron chi connectivity index (χ3n) is 1.59. The summed E-state index contributed by atoms with van der Waals surface area (Å²) >= 11 is 1.74. The van der Waals surface area contributed by atoms with Crippen molar-refractivity contribution in [2.75, 3.05) is 13.6 Å². The molecule has 0 spiro atoms. The number of hydrogen-bond donors (Lipinski definition) is 1. The van der Waals surface area contributed by atoms with Crippen LogP contribution >= 0.6 is 11.3 Å². The molecule has 3 heteroatoms. The number of nitrogens with zero attached hydrogens (tertiary/aromatic N) is 1. The van der Waals surface area contributed by atoms with Gasteiger partial charge in [0.1, 0.15) is 0 Å². The number of rotatable bonds is 4. The largest absolute Gasteiger partial charge is 0.319 e. The average Bonchev–Trinajstić information content (AvgIpc) is 2.40. The summed E-state index contributed by atoms with van der Waals surface area (Å²) in [6.07, 6.45) is 3.10. The Kier molecular flexibility index (Phi) is 3.52. The Hall–Kier alpha value is -0.410. The van der Waals surface area contributed by atoms with Crippen molar-refractivity contribution in [1.29, 1.82) is 0 Å². The van der Waals surface area contributed by atoms with E-state index in [0.29, 0.717) is 5.92 Å². The lowest BCUT2D eigenvalue weighted by Crippen LogP contribution is -2.17.